The number of para-hydroxylation sites is 1. The van der Waals surface area contributed by atoms with Crippen LogP contribution in [0.15, 0.2) is 79.4 Å². The summed E-state index contributed by atoms with van der Waals surface area (Å²) in [6.45, 7) is 3.51. The van der Waals surface area contributed by atoms with E-state index in [2.05, 4.69) is 6.58 Å². The van der Waals surface area contributed by atoms with Crippen LogP contribution in [0.1, 0.15) is 55.4 Å². The van der Waals surface area contributed by atoms with Crippen LogP contribution in [0.3, 0.4) is 0 Å². The van der Waals surface area contributed by atoms with E-state index in [1.54, 1.807) is 53.4 Å². The number of benzene rings is 3. The fourth-order valence-corrected chi connectivity index (χ4v) is 8.29. The van der Waals surface area contributed by atoms with Crippen LogP contribution in [0.5, 0.6) is 0 Å². The molecule has 6 rings (SSSR count). The Kier molecular flexibility index (Phi) is 8.76. The van der Waals surface area contributed by atoms with Gasteiger partial charge in [-0.05, 0) is 79.1 Å². The summed E-state index contributed by atoms with van der Waals surface area (Å²) in [5.41, 5.74) is 0.813. The lowest BCUT2D eigenvalue weighted by atomic mass is 9.89. The molecular weight excluding hydrogens is 629 g/mol. The van der Waals surface area contributed by atoms with Crippen molar-refractivity contribution in [1.82, 2.24) is 4.90 Å². The molecule has 1 heterocycles. The molecule has 3 aromatic carbocycles. The number of anilines is 1. The van der Waals surface area contributed by atoms with Crippen LogP contribution < -0.4 is 4.31 Å². The molecule has 3 aliphatic rings. The average molecular weight is 662 g/mol. The summed E-state index contributed by atoms with van der Waals surface area (Å²) in [4.78, 5) is 16.1. The van der Waals surface area contributed by atoms with Gasteiger partial charge in [-0.25, -0.2) is 17.2 Å². The molecule has 2 aliphatic carbocycles. The number of rotatable bonds is 11. The SMILES string of the molecule is C=CC[C@H]1O[C@H](c2cccc(Cl)c2)[C@@H](c2ccc(Cl)cc2)N(C(CN(c2c(F)cccc2F)S(=O)(=O)C2CC2)C2CC2)C1=O. The largest absolute Gasteiger partial charge is 0.358 e. The van der Waals surface area contributed by atoms with Gasteiger partial charge in [-0.1, -0.05) is 59.6 Å². The molecule has 3 fully saturated rings. The molecule has 1 saturated heterocycles. The molecule has 3 aromatic rings. The van der Waals surface area contributed by atoms with Crippen LogP contribution in [0.2, 0.25) is 10.0 Å². The van der Waals surface area contributed by atoms with Crippen LogP contribution in [-0.2, 0) is 19.6 Å². The molecular formula is C33H32Cl2F2N2O4S. The number of halogens is 4. The second kappa shape index (κ2) is 12.4. The average Bonchev–Trinajstić information content (AvgIpc) is 3.90. The highest BCUT2D eigenvalue weighted by Gasteiger charge is 2.52. The van der Waals surface area contributed by atoms with Gasteiger partial charge in [0.15, 0.2) is 11.6 Å². The first-order valence-corrected chi connectivity index (χ1v) is 16.9. The summed E-state index contributed by atoms with van der Waals surface area (Å²) >= 11 is 12.6. The highest BCUT2D eigenvalue weighted by molar-refractivity contribution is 7.93. The van der Waals surface area contributed by atoms with E-state index in [1.807, 2.05) is 6.07 Å². The van der Waals surface area contributed by atoms with E-state index in [4.69, 9.17) is 27.9 Å². The Hall–Kier alpha value is -2.98. The predicted molar refractivity (Wildman–Crippen MR) is 167 cm³/mol. The maximum absolute atomic E-state index is 15.3. The first-order chi connectivity index (χ1) is 21.1. The van der Waals surface area contributed by atoms with Crippen molar-refractivity contribution in [2.24, 2.45) is 5.92 Å². The summed E-state index contributed by atoms with van der Waals surface area (Å²) in [5.74, 6) is -2.40. The van der Waals surface area contributed by atoms with E-state index in [0.717, 1.165) is 34.8 Å². The lowest BCUT2D eigenvalue weighted by molar-refractivity contribution is -0.179. The van der Waals surface area contributed by atoms with Gasteiger partial charge in [-0.2, -0.15) is 0 Å². The van der Waals surface area contributed by atoms with Gasteiger partial charge >= 0.3 is 0 Å². The van der Waals surface area contributed by atoms with E-state index < -0.39 is 56.9 Å². The van der Waals surface area contributed by atoms with E-state index in [1.165, 1.54) is 6.07 Å². The molecule has 4 atom stereocenters. The second-order valence-electron chi connectivity index (χ2n) is 11.6. The van der Waals surface area contributed by atoms with Crippen molar-refractivity contribution >= 4 is 44.8 Å². The highest BCUT2D eigenvalue weighted by Crippen LogP contribution is 2.49. The lowest BCUT2D eigenvalue weighted by Crippen LogP contribution is -2.58. The smallest absolute Gasteiger partial charge is 0.252 e. The van der Waals surface area contributed by atoms with E-state index in [0.29, 0.717) is 28.5 Å². The minimum absolute atomic E-state index is 0.0945. The third-order valence-corrected chi connectivity index (χ3v) is 11.3. The maximum atomic E-state index is 15.3. The topological polar surface area (TPSA) is 66.9 Å². The zero-order valence-corrected chi connectivity index (χ0v) is 26.1. The molecule has 0 bridgehead atoms. The van der Waals surface area contributed by atoms with Crippen molar-refractivity contribution in [2.45, 2.75) is 61.6 Å². The van der Waals surface area contributed by atoms with Crippen LogP contribution in [0.4, 0.5) is 14.5 Å². The Labute approximate surface area is 266 Å². The highest BCUT2D eigenvalue weighted by atomic mass is 35.5. The van der Waals surface area contributed by atoms with Gasteiger partial charge in [0.1, 0.15) is 17.9 Å². The Bertz CT molecular complexity index is 1640. The zero-order valence-electron chi connectivity index (χ0n) is 23.8. The third-order valence-electron chi connectivity index (χ3n) is 8.51. The minimum Gasteiger partial charge on any atom is -0.358 e. The Morgan fingerprint density at radius 3 is 2.20 bits per heavy atom. The molecule has 1 unspecified atom stereocenters. The predicted octanol–water partition coefficient (Wildman–Crippen LogP) is 7.63. The monoisotopic (exact) mass is 660 g/mol. The van der Waals surface area contributed by atoms with E-state index in [-0.39, 0.29) is 24.8 Å². The van der Waals surface area contributed by atoms with Gasteiger partial charge in [0, 0.05) is 16.5 Å². The molecule has 6 nitrogen and oxygen atoms in total. The number of carbonyl (C=O) groups excluding carboxylic acids is 1. The molecule has 0 spiro atoms. The number of amides is 1. The van der Waals surface area contributed by atoms with Crippen LogP contribution in [0.25, 0.3) is 0 Å². The number of hydrogen-bond acceptors (Lipinski definition) is 4. The minimum atomic E-state index is -4.13. The van der Waals surface area contributed by atoms with Crippen molar-refractivity contribution in [3.63, 3.8) is 0 Å². The van der Waals surface area contributed by atoms with Crippen molar-refractivity contribution in [2.75, 3.05) is 10.8 Å². The fraction of sp³-hybridized carbons (Fsp3) is 0.364. The van der Waals surface area contributed by atoms with Crippen molar-refractivity contribution in [3.8, 4) is 0 Å². The van der Waals surface area contributed by atoms with Crippen LogP contribution >= 0.6 is 23.2 Å². The standard InChI is InChI=1S/C33H32Cl2F2N2O4S/c1-2-5-29-33(40)39(30(21-12-14-23(34)15-13-21)32(43-29)22-6-3-7-24(35)18-22)28(20-10-11-20)19-38(44(41,42)25-16-17-25)31-26(36)8-4-9-27(31)37/h2-4,6-9,12-15,18,20,25,28-30,32H,1,5,10-11,16-17,19H2/t28?,29-,30-,32-/m1/s1. The Balaban J connectivity index is 1.51. The van der Waals surface area contributed by atoms with E-state index in [9.17, 15) is 13.2 Å². The number of hydrogen-bond donors (Lipinski definition) is 0. The molecule has 1 aliphatic heterocycles. The van der Waals surface area contributed by atoms with Crippen molar-refractivity contribution in [3.05, 3.63) is 112 Å². The molecule has 1 amide bonds. The quantitative estimate of drug-likeness (QED) is 0.198. The van der Waals surface area contributed by atoms with Crippen molar-refractivity contribution in [1.29, 1.82) is 0 Å². The van der Waals surface area contributed by atoms with Gasteiger partial charge in [-0.3, -0.25) is 9.10 Å². The molecule has 0 N–H and O–H groups in total. The van der Waals surface area contributed by atoms with Gasteiger partial charge in [0.25, 0.3) is 5.91 Å². The number of ether oxygens (including phenoxy) is 1. The van der Waals surface area contributed by atoms with Gasteiger partial charge < -0.3 is 9.64 Å². The number of sulfonamides is 1. The molecule has 44 heavy (non-hydrogen) atoms. The third kappa shape index (κ3) is 6.12. The maximum Gasteiger partial charge on any atom is 0.252 e. The van der Waals surface area contributed by atoms with Gasteiger partial charge in [-0.15, -0.1) is 6.58 Å². The number of carbonyl (C=O) groups is 1. The van der Waals surface area contributed by atoms with Crippen molar-refractivity contribution < 1.29 is 26.7 Å². The zero-order chi connectivity index (χ0) is 31.2. The first kappa shape index (κ1) is 31.0. The normalized spacial score (nSPS) is 23.0. The summed E-state index contributed by atoms with van der Waals surface area (Å²) < 4.78 is 65.6. The number of nitrogens with zero attached hydrogens (tertiary/aromatic N) is 2. The summed E-state index contributed by atoms with van der Waals surface area (Å²) in [6, 6.07) is 16.1. The molecule has 0 aromatic heterocycles. The fourth-order valence-electron chi connectivity index (χ4n) is 6.09. The van der Waals surface area contributed by atoms with Crippen LogP contribution in [0, 0.1) is 17.6 Å². The second-order valence-corrected chi connectivity index (χ2v) is 14.6. The summed E-state index contributed by atoms with van der Waals surface area (Å²) in [5, 5.41) is 0.254. The van der Waals surface area contributed by atoms with Gasteiger partial charge in [0.2, 0.25) is 10.0 Å². The summed E-state index contributed by atoms with van der Waals surface area (Å²) in [7, 11) is -4.13. The van der Waals surface area contributed by atoms with Crippen LogP contribution in [-0.4, -0.2) is 43.2 Å². The summed E-state index contributed by atoms with van der Waals surface area (Å²) in [6.07, 6.45) is 2.47. The molecule has 2 saturated carbocycles. The van der Waals surface area contributed by atoms with Gasteiger partial charge in [0.05, 0.1) is 23.9 Å². The van der Waals surface area contributed by atoms with E-state index >= 15 is 8.78 Å². The number of morpholine rings is 1. The molecule has 0 radical (unpaired) electrons. The first-order valence-electron chi connectivity index (χ1n) is 14.6. The molecule has 232 valence electrons. The Morgan fingerprint density at radius 2 is 1.61 bits per heavy atom. The molecule has 11 heteroatoms. The lowest BCUT2D eigenvalue weighted by Gasteiger charge is -2.49. The Morgan fingerprint density at radius 1 is 0.955 bits per heavy atom.